The maximum atomic E-state index is 12.1. The van der Waals surface area contributed by atoms with E-state index in [2.05, 4.69) is 15.2 Å². The molecule has 0 radical (unpaired) electrons. The molecule has 2 aliphatic heterocycles. The predicted octanol–water partition coefficient (Wildman–Crippen LogP) is 1.32. The Bertz CT molecular complexity index is 558. The molecule has 22 heavy (non-hydrogen) atoms. The molecule has 1 spiro atoms. The summed E-state index contributed by atoms with van der Waals surface area (Å²) in [5.74, 6) is -0.435. The number of amides is 1. The molecule has 0 unspecified atom stereocenters. The van der Waals surface area contributed by atoms with Crippen LogP contribution in [0, 0.1) is 0 Å². The third kappa shape index (κ3) is 2.80. The van der Waals surface area contributed by atoms with Crippen molar-refractivity contribution in [1.29, 1.82) is 0 Å². The number of nitrogens with zero attached hydrogens (tertiary/aromatic N) is 2. The zero-order chi connectivity index (χ0) is 15.0. The van der Waals surface area contributed by atoms with Gasteiger partial charge in [-0.05, 0) is 25.0 Å². The highest BCUT2D eigenvalue weighted by molar-refractivity contribution is 5.93. The fraction of sp³-hybridized carbons (Fsp3) is 0.625. The smallest absolute Gasteiger partial charge is 0.270 e. The number of carbonyl (C=O) groups is 1. The summed E-state index contributed by atoms with van der Waals surface area (Å²) >= 11 is 0. The lowest BCUT2D eigenvalue weighted by molar-refractivity contribution is -0.169. The topological polar surface area (TPSA) is 63.7 Å². The minimum atomic E-state index is -0.365. The molecule has 3 heterocycles. The summed E-state index contributed by atoms with van der Waals surface area (Å²) in [6, 6.07) is 4.19. The van der Waals surface area contributed by atoms with Gasteiger partial charge in [-0.25, -0.2) is 0 Å². The van der Waals surface area contributed by atoms with Gasteiger partial charge in [-0.2, -0.15) is 0 Å². The van der Waals surface area contributed by atoms with Crippen LogP contribution in [0.5, 0.6) is 0 Å². The number of anilines is 1. The van der Waals surface area contributed by atoms with E-state index in [9.17, 15) is 4.79 Å². The lowest BCUT2D eigenvalue weighted by Crippen LogP contribution is -2.45. The summed E-state index contributed by atoms with van der Waals surface area (Å²) in [6.45, 7) is 3.13. The van der Waals surface area contributed by atoms with Gasteiger partial charge in [-0.1, -0.05) is 0 Å². The molecular weight excluding hydrogens is 282 g/mol. The third-order valence-electron chi connectivity index (χ3n) is 4.59. The van der Waals surface area contributed by atoms with Gasteiger partial charge in [-0.3, -0.25) is 9.78 Å². The van der Waals surface area contributed by atoms with Gasteiger partial charge < -0.3 is 19.7 Å². The van der Waals surface area contributed by atoms with Gasteiger partial charge in [0.2, 0.25) is 0 Å². The molecule has 4 rings (SSSR count). The molecule has 118 valence electrons. The van der Waals surface area contributed by atoms with E-state index in [-0.39, 0.29) is 11.7 Å². The van der Waals surface area contributed by atoms with Gasteiger partial charge in [-0.15, -0.1) is 0 Å². The Hall–Kier alpha value is -1.66. The fourth-order valence-corrected chi connectivity index (χ4v) is 3.12. The Morgan fingerprint density at radius 2 is 2.00 bits per heavy atom. The normalized spacial score (nSPS) is 23.7. The van der Waals surface area contributed by atoms with Gasteiger partial charge in [0.1, 0.15) is 5.69 Å². The second-order valence-corrected chi connectivity index (χ2v) is 6.24. The van der Waals surface area contributed by atoms with E-state index >= 15 is 0 Å². The minimum absolute atomic E-state index is 0.0692. The molecule has 6 nitrogen and oxygen atoms in total. The average molecular weight is 303 g/mol. The minimum Gasteiger partial charge on any atom is -0.371 e. The number of piperidine rings is 1. The summed E-state index contributed by atoms with van der Waals surface area (Å²) in [5.41, 5.74) is 1.54. The molecule has 1 amide bonds. The number of ether oxygens (including phenoxy) is 2. The summed E-state index contributed by atoms with van der Waals surface area (Å²) in [5, 5.41) is 2.98. The van der Waals surface area contributed by atoms with E-state index in [0.717, 1.165) is 44.5 Å². The molecule has 0 bridgehead atoms. The van der Waals surface area contributed by atoms with Gasteiger partial charge in [0.25, 0.3) is 5.91 Å². The molecule has 3 aliphatic rings. The second-order valence-electron chi connectivity index (χ2n) is 6.24. The molecule has 0 aromatic carbocycles. The number of hydrogen-bond donors (Lipinski definition) is 1. The molecule has 1 aromatic heterocycles. The van der Waals surface area contributed by atoms with Crippen LogP contribution in [0.25, 0.3) is 0 Å². The average Bonchev–Trinajstić information content (AvgIpc) is 3.26. The van der Waals surface area contributed by atoms with E-state index in [4.69, 9.17) is 9.47 Å². The first-order valence-electron chi connectivity index (χ1n) is 8.04. The third-order valence-corrected chi connectivity index (χ3v) is 4.59. The number of carbonyl (C=O) groups excluding carboxylic acids is 1. The van der Waals surface area contributed by atoms with Gasteiger partial charge in [0.05, 0.1) is 13.2 Å². The summed E-state index contributed by atoms with van der Waals surface area (Å²) in [4.78, 5) is 18.6. The van der Waals surface area contributed by atoms with Crippen LogP contribution < -0.4 is 10.2 Å². The molecule has 0 atom stereocenters. The predicted molar refractivity (Wildman–Crippen MR) is 80.8 cm³/mol. The highest BCUT2D eigenvalue weighted by Gasteiger charge is 2.39. The quantitative estimate of drug-likeness (QED) is 0.912. The van der Waals surface area contributed by atoms with E-state index in [0.29, 0.717) is 24.9 Å². The lowest BCUT2D eigenvalue weighted by Gasteiger charge is -2.38. The van der Waals surface area contributed by atoms with Crippen LogP contribution in [-0.4, -0.2) is 49.0 Å². The Morgan fingerprint density at radius 3 is 2.68 bits per heavy atom. The monoisotopic (exact) mass is 303 g/mol. The largest absolute Gasteiger partial charge is 0.371 e. The maximum Gasteiger partial charge on any atom is 0.270 e. The second kappa shape index (κ2) is 5.52. The van der Waals surface area contributed by atoms with Crippen LogP contribution in [0.15, 0.2) is 18.3 Å². The van der Waals surface area contributed by atoms with Crippen molar-refractivity contribution in [3.63, 3.8) is 0 Å². The van der Waals surface area contributed by atoms with Gasteiger partial charge in [0.15, 0.2) is 5.79 Å². The number of aromatic nitrogens is 1. The molecular formula is C16H21N3O3. The molecule has 1 aromatic rings. The number of pyridine rings is 1. The molecule has 2 saturated heterocycles. The summed E-state index contributed by atoms with van der Waals surface area (Å²) < 4.78 is 11.5. The Balaban J connectivity index is 1.43. The van der Waals surface area contributed by atoms with Crippen LogP contribution in [0.1, 0.15) is 36.2 Å². The fourth-order valence-electron chi connectivity index (χ4n) is 3.12. The van der Waals surface area contributed by atoms with Crippen LogP contribution in [0.4, 0.5) is 5.69 Å². The van der Waals surface area contributed by atoms with E-state index < -0.39 is 0 Å². The number of hydrogen-bond acceptors (Lipinski definition) is 5. The Morgan fingerprint density at radius 1 is 1.27 bits per heavy atom. The van der Waals surface area contributed by atoms with Crippen LogP contribution in [0.2, 0.25) is 0 Å². The van der Waals surface area contributed by atoms with Crippen LogP contribution in [0.3, 0.4) is 0 Å². The summed E-state index contributed by atoms with van der Waals surface area (Å²) in [6.07, 6.45) is 5.60. The summed E-state index contributed by atoms with van der Waals surface area (Å²) in [7, 11) is 0. The van der Waals surface area contributed by atoms with Crippen molar-refractivity contribution < 1.29 is 14.3 Å². The van der Waals surface area contributed by atoms with Crippen molar-refractivity contribution in [1.82, 2.24) is 10.3 Å². The number of nitrogens with one attached hydrogen (secondary N) is 1. The Labute approximate surface area is 129 Å². The van der Waals surface area contributed by atoms with E-state index in [1.54, 1.807) is 6.20 Å². The first-order valence-corrected chi connectivity index (χ1v) is 8.04. The molecule has 1 saturated carbocycles. The molecule has 6 heteroatoms. The highest BCUT2D eigenvalue weighted by atomic mass is 16.7. The van der Waals surface area contributed by atoms with Crippen molar-refractivity contribution in [2.24, 2.45) is 0 Å². The maximum absolute atomic E-state index is 12.1. The van der Waals surface area contributed by atoms with E-state index in [1.165, 1.54) is 0 Å². The first-order chi connectivity index (χ1) is 10.7. The van der Waals surface area contributed by atoms with Crippen LogP contribution >= 0.6 is 0 Å². The standard InChI is InChI=1S/C16H21N3O3/c20-15(18-12-1-2-12)14-11-13(3-6-17-14)19-7-4-16(5-8-19)21-9-10-22-16/h3,6,11-12H,1-2,4-5,7-10H2,(H,18,20). The van der Waals surface area contributed by atoms with E-state index in [1.807, 2.05) is 12.1 Å². The van der Waals surface area contributed by atoms with Gasteiger partial charge >= 0.3 is 0 Å². The zero-order valence-corrected chi connectivity index (χ0v) is 12.6. The lowest BCUT2D eigenvalue weighted by atomic mass is 10.0. The molecule has 1 aliphatic carbocycles. The van der Waals surface area contributed by atoms with Crippen molar-refractivity contribution in [2.75, 3.05) is 31.2 Å². The number of rotatable bonds is 3. The van der Waals surface area contributed by atoms with Crippen LogP contribution in [-0.2, 0) is 9.47 Å². The Kier molecular flexibility index (Phi) is 3.50. The van der Waals surface area contributed by atoms with Gasteiger partial charge in [0, 0.05) is 43.9 Å². The van der Waals surface area contributed by atoms with Crippen molar-refractivity contribution in [3.05, 3.63) is 24.0 Å². The van der Waals surface area contributed by atoms with Crippen molar-refractivity contribution >= 4 is 11.6 Å². The zero-order valence-electron chi connectivity index (χ0n) is 12.6. The SMILES string of the molecule is O=C(NC1CC1)c1cc(N2CCC3(CC2)OCCO3)ccn1. The highest BCUT2D eigenvalue weighted by Crippen LogP contribution is 2.33. The first kappa shape index (κ1) is 14.0. The van der Waals surface area contributed by atoms with Crippen molar-refractivity contribution in [2.45, 2.75) is 37.5 Å². The molecule has 1 N–H and O–H groups in total. The molecule has 3 fully saturated rings. The van der Waals surface area contributed by atoms with Crippen molar-refractivity contribution in [3.8, 4) is 0 Å².